The summed E-state index contributed by atoms with van der Waals surface area (Å²) in [5, 5.41) is 0. The van der Waals surface area contributed by atoms with E-state index in [9.17, 15) is 13.6 Å². The highest BCUT2D eigenvalue weighted by atomic mass is 19.1. The first-order valence-electron chi connectivity index (χ1n) is 6.78. The van der Waals surface area contributed by atoms with Crippen molar-refractivity contribution in [3.05, 3.63) is 71.5 Å². The van der Waals surface area contributed by atoms with Gasteiger partial charge in [0.1, 0.15) is 12.0 Å². The predicted octanol–water partition coefficient (Wildman–Crippen LogP) is 4.47. The van der Waals surface area contributed by atoms with Gasteiger partial charge in [-0.1, -0.05) is 30.3 Å². The van der Waals surface area contributed by atoms with Gasteiger partial charge in [0.25, 0.3) is 0 Å². The highest BCUT2D eigenvalue weighted by Crippen LogP contribution is 2.22. The highest BCUT2D eigenvalue weighted by molar-refractivity contribution is 5.89. The molecule has 0 fully saturated rings. The number of alkyl halides is 1. The number of hydrogen-bond donors (Lipinski definition) is 0. The molecule has 0 amide bonds. The summed E-state index contributed by atoms with van der Waals surface area (Å²) in [6.45, 7) is 0.142. The number of halogens is 2. The Morgan fingerprint density at radius 3 is 2.38 bits per heavy atom. The Morgan fingerprint density at radius 1 is 1.05 bits per heavy atom. The molecular formula is C17H16F2O2. The van der Waals surface area contributed by atoms with E-state index in [0.717, 1.165) is 0 Å². The highest BCUT2D eigenvalue weighted by Gasteiger charge is 2.10. The van der Waals surface area contributed by atoms with Crippen LogP contribution in [0.3, 0.4) is 0 Å². The van der Waals surface area contributed by atoms with Crippen LogP contribution in [-0.2, 0) is 4.74 Å². The van der Waals surface area contributed by atoms with E-state index in [4.69, 9.17) is 4.74 Å². The number of rotatable bonds is 6. The second kappa shape index (κ2) is 7.53. The number of benzene rings is 2. The summed E-state index contributed by atoms with van der Waals surface area (Å²) >= 11 is 0. The molecule has 0 N–H and O–H groups in total. The number of carbonyl (C=O) groups is 1. The fourth-order valence-corrected chi connectivity index (χ4v) is 1.93. The Balaban J connectivity index is 1.72. The maximum absolute atomic E-state index is 13.8. The van der Waals surface area contributed by atoms with Crippen LogP contribution < -0.4 is 0 Å². The van der Waals surface area contributed by atoms with Crippen LogP contribution in [0.2, 0.25) is 0 Å². The minimum absolute atomic E-state index is 0.142. The Bertz CT molecular complexity index is 567. The molecule has 0 aliphatic heterocycles. The average molecular weight is 290 g/mol. The van der Waals surface area contributed by atoms with Gasteiger partial charge in [-0.3, -0.25) is 0 Å². The average Bonchev–Trinajstić information content (AvgIpc) is 2.52. The standard InChI is InChI=1S/C17H16F2O2/c18-15-10-8-14(9-11-15)17(20)21-12-4-7-16(19)13-5-2-1-3-6-13/h1-3,5-6,8-11,16H,4,7,12H2. The lowest BCUT2D eigenvalue weighted by Crippen LogP contribution is -2.07. The second-order valence-electron chi connectivity index (χ2n) is 4.66. The van der Waals surface area contributed by atoms with E-state index in [2.05, 4.69) is 0 Å². The molecule has 1 unspecified atom stereocenters. The van der Waals surface area contributed by atoms with Crippen LogP contribution in [0, 0.1) is 5.82 Å². The van der Waals surface area contributed by atoms with Crippen molar-refractivity contribution in [2.45, 2.75) is 19.0 Å². The van der Waals surface area contributed by atoms with Crippen molar-refractivity contribution in [2.75, 3.05) is 6.61 Å². The summed E-state index contributed by atoms with van der Waals surface area (Å²) in [6, 6.07) is 14.0. The van der Waals surface area contributed by atoms with Gasteiger partial charge in [0, 0.05) is 0 Å². The molecule has 0 bridgehead atoms. The lowest BCUT2D eigenvalue weighted by Gasteiger charge is -2.09. The smallest absolute Gasteiger partial charge is 0.338 e. The van der Waals surface area contributed by atoms with Crippen molar-refractivity contribution in [3.63, 3.8) is 0 Å². The first-order valence-corrected chi connectivity index (χ1v) is 6.78. The van der Waals surface area contributed by atoms with Gasteiger partial charge in [-0.05, 0) is 42.7 Å². The van der Waals surface area contributed by atoms with Crippen molar-refractivity contribution in [2.24, 2.45) is 0 Å². The summed E-state index contributed by atoms with van der Waals surface area (Å²) in [7, 11) is 0. The summed E-state index contributed by atoms with van der Waals surface area (Å²) in [4.78, 5) is 11.6. The predicted molar refractivity (Wildman–Crippen MR) is 76.2 cm³/mol. The maximum Gasteiger partial charge on any atom is 0.338 e. The van der Waals surface area contributed by atoms with Crippen LogP contribution in [0.4, 0.5) is 8.78 Å². The van der Waals surface area contributed by atoms with E-state index in [1.165, 1.54) is 24.3 Å². The van der Waals surface area contributed by atoms with Gasteiger partial charge >= 0.3 is 5.97 Å². The quantitative estimate of drug-likeness (QED) is 0.579. The van der Waals surface area contributed by atoms with Crippen molar-refractivity contribution in [3.8, 4) is 0 Å². The van der Waals surface area contributed by atoms with Gasteiger partial charge in [-0.15, -0.1) is 0 Å². The fourth-order valence-electron chi connectivity index (χ4n) is 1.93. The second-order valence-corrected chi connectivity index (χ2v) is 4.66. The SMILES string of the molecule is O=C(OCCCC(F)c1ccccc1)c1ccc(F)cc1. The monoisotopic (exact) mass is 290 g/mol. The molecule has 0 aliphatic rings. The lowest BCUT2D eigenvalue weighted by atomic mass is 10.1. The third-order valence-electron chi connectivity index (χ3n) is 3.08. The summed E-state index contributed by atoms with van der Waals surface area (Å²) in [5.41, 5.74) is 0.915. The van der Waals surface area contributed by atoms with Crippen LogP contribution in [0.25, 0.3) is 0 Å². The van der Waals surface area contributed by atoms with Crippen molar-refractivity contribution >= 4 is 5.97 Å². The molecule has 0 radical (unpaired) electrons. The molecule has 110 valence electrons. The molecule has 0 aliphatic carbocycles. The number of esters is 1. The first-order chi connectivity index (χ1) is 10.2. The molecule has 2 rings (SSSR count). The van der Waals surface area contributed by atoms with Gasteiger partial charge < -0.3 is 4.74 Å². The van der Waals surface area contributed by atoms with Crippen molar-refractivity contribution in [1.29, 1.82) is 0 Å². The molecule has 0 aromatic heterocycles. The molecule has 0 heterocycles. The topological polar surface area (TPSA) is 26.3 Å². The Morgan fingerprint density at radius 2 is 1.71 bits per heavy atom. The van der Waals surface area contributed by atoms with E-state index in [1.807, 2.05) is 6.07 Å². The van der Waals surface area contributed by atoms with Crippen molar-refractivity contribution in [1.82, 2.24) is 0 Å². The molecule has 4 heteroatoms. The summed E-state index contributed by atoms with van der Waals surface area (Å²) in [5.74, 6) is -0.931. The molecule has 0 spiro atoms. The van der Waals surface area contributed by atoms with E-state index in [1.54, 1.807) is 24.3 Å². The normalized spacial score (nSPS) is 11.9. The van der Waals surface area contributed by atoms with Crippen LogP contribution in [0.1, 0.15) is 34.9 Å². The van der Waals surface area contributed by atoms with Crippen LogP contribution in [0.15, 0.2) is 54.6 Å². The van der Waals surface area contributed by atoms with E-state index < -0.39 is 18.0 Å². The summed E-state index contributed by atoms with van der Waals surface area (Å²) < 4.78 is 31.6. The zero-order chi connectivity index (χ0) is 15.1. The zero-order valence-electron chi connectivity index (χ0n) is 11.5. The third-order valence-corrected chi connectivity index (χ3v) is 3.08. The maximum atomic E-state index is 13.8. The lowest BCUT2D eigenvalue weighted by molar-refractivity contribution is 0.0490. The molecule has 2 aromatic rings. The first kappa shape index (κ1) is 15.2. The van der Waals surface area contributed by atoms with Crippen LogP contribution in [0.5, 0.6) is 0 Å². The summed E-state index contributed by atoms with van der Waals surface area (Å²) in [6.07, 6.45) is -0.334. The number of carbonyl (C=O) groups excluding carboxylic acids is 1. The fraction of sp³-hybridized carbons (Fsp3) is 0.235. The van der Waals surface area contributed by atoms with Gasteiger partial charge in [0.05, 0.1) is 12.2 Å². The van der Waals surface area contributed by atoms with E-state index in [-0.39, 0.29) is 12.2 Å². The third kappa shape index (κ3) is 4.67. The molecule has 2 aromatic carbocycles. The molecule has 1 atom stereocenters. The van der Waals surface area contributed by atoms with Crippen molar-refractivity contribution < 1.29 is 18.3 Å². The number of hydrogen-bond acceptors (Lipinski definition) is 2. The van der Waals surface area contributed by atoms with Gasteiger partial charge in [-0.25, -0.2) is 13.6 Å². The largest absolute Gasteiger partial charge is 0.462 e. The molecule has 0 saturated heterocycles. The van der Waals surface area contributed by atoms with E-state index in [0.29, 0.717) is 18.4 Å². The number of ether oxygens (including phenoxy) is 1. The Kier molecular flexibility index (Phi) is 5.43. The minimum atomic E-state index is -1.06. The molecule has 0 saturated carbocycles. The Labute approximate surface area is 122 Å². The molecule has 21 heavy (non-hydrogen) atoms. The Hall–Kier alpha value is -2.23. The van der Waals surface area contributed by atoms with Gasteiger partial charge in [-0.2, -0.15) is 0 Å². The molecular weight excluding hydrogens is 274 g/mol. The van der Waals surface area contributed by atoms with Gasteiger partial charge in [0.15, 0.2) is 0 Å². The zero-order valence-corrected chi connectivity index (χ0v) is 11.5. The molecule has 2 nitrogen and oxygen atoms in total. The van der Waals surface area contributed by atoms with Gasteiger partial charge in [0.2, 0.25) is 0 Å². The van der Waals surface area contributed by atoms with Crippen LogP contribution >= 0.6 is 0 Å². The van der Waals surface area contributed by atoms with E-state index >= 15 is 0 Å². The van der Waals surface area contributed by atoms with Crippen LogP contribution in [-0.4, -0.2) is 12.6 Å². The minimum Gasteiger partial charge on any atom is -0.462 e.